The van der Waals surface area contributed by atoms with Crippen molar-refractivity contribution in [3.05, 3.63) is 41.0 Å². The summed E-state index contributed by atoms with van der Waals surface area (Å²) < 4.78 is 5.32. The molecule has 1 aliphatic heterocycles. The van der Waals surface area contributed by atoms with Crippen LogP contribution in [-0.4, -0.2) is 19.7 Å². The van der Waals surface area contributed by atoms with Gasteiger partial charge in [0.2, 0.25) is 0 Å². The van der Waals surface area contributed by atoms with Crippen LogP contribution in [0.15, 0.2) is 35.4 Å². The maximum absolute atomic E-state index is 5.32. The predicted octanol–water partition coefficient (Wildman–Crippen LogP) is 3.89. The molecule has 1 N–H and O–H groups in total. The summed E-state index contributed by atoms with van der Waals surface area (Å²) in [6, 6.07) is 9.04. The Morgan fingerprint density at radius 1 is 1.20 bits per heavy atom. The van der Waals surface area contributed by atoms with Crippen molar-refractivity contribution in [3.63, 3.8) is 0 Å². The van der Waals surface area contributed by atoms with Crippen molar-refractivity contribution in [2.24, 2.45) is 0 Å². The average Bonchev–Trinajstić information content (AvgIpc) is 2.48. The number of rotatable bonds is 3. The molecule has 110 valence electrons. The van der Waals surface area contributed by atoms with Crippen LogP contribution in [0.2, 0.25) is 0 Å². The van der Waals surface area contributed by atoms with Crippen molar-refractivity contribution in [2.75, 3.05) is 13.7 Å². The number of methoxy groups -OCH3 is 1. The smallest absolute Gasteiger partial charge is 0.119 e. The van der Waals surface area contributed by atoms with Gasteiger partial charge in [-0.3, -0.25) is 0 Å². The average molecular weight is 294 g/mol. The van der Waals surface area contributed by atoms with Crippen molar-refractivity contribution in [3.8, 4) is 5.75 Å². The Kier molecular flexibility index (Phi) is 5.50. The van der Waals surface area contributed by atoms with Gasteiger partial charge in [-0.25, -0.2) is 0 Å². The topological polar surface area (TPSA) is 21.3 Å². The largest absolute Gasteiger partial charge is 0.497 e. The van der Waals surface area contributed by atoms with Crippen LogP contribution in [0.3, 0.4) is 0 Å². The van der Waals surface area contributed by atoms with Gasteiger partial charge < -0.3 is 10.1 Å². The van der Waals surface area contributed by atoms with E-state index in [1.165, 1.54) is 37.7 Å². The zero-order valence-corrected chi connectivity index (χ0v) is 13.0. The monoisotopic (exact) mass is 293 g/mol. The standard InChI is InChI=1S/C17H23NO.ClH/c1-19-15-7-4-5-13(11-15)12-17-16-8-3-2-6-14(16)9-10-18-17;/h4-5,7,11,17-18H,2-3,6,8-10,12H2,1H3;1H. The molecular formula is C17H24ClNO. The molecule has 1 aliphatic carbocycles. The Bertz CT molecular complexity index is 480. The summed E-state index contributed by atoms with van der Waals surface area (Å²) >= 11 is 0. The highest BCUT2D eigenvalue weighted by Crippen LogP contribution is 2.32. The Morgan fingerprint density at radius 3 is 2.90 bits per heavy atom. The fourth-order valence-electron chi connectivity index (χ4n) is 3.45. The Balaban J connectivity index is 0.00000147. The van der Waals surface area contributed by atoms with Gasteiger partial charge in [0.1, 0.15) is 5.75 Å². The van der Waals surface area contributed by atoms with Crippen molar-refractivity contribution in [1.29, 1.82) is 0 Å². The summed E-state index contributed by atoms with van der Waals surface area (Å²) in [5, 5.41) is 3.71. The summed E-state index contributed by atoms with van der Waals surface area (Å²) in [6.07, 6.45) is 7.77. The molecule has 0 spiro atoms. The second kappa shape index (κ2) is 7.14. The number of halogens is 1. The van der Waals surface area contributed by atoms with Crippen molar-refractivity contribution in [1.82, 2.24) is 5.32 Å². The molecular weight excluding hydrogens is 270 g/mol. The first-order valence-electron chi connectivity index (χ1n) is 7.44. The van der Waals surface area contributed by atoms with E-state index in [1.54, 1.807) is 18.3 Å². The van der Waals surface area contributed by atoms with Crippen LogP contribution in [0.5, 0.6) is 5.75 Å². The second-order valence-corrected chi connectivity index (χ2v) is 5.65. The third-order valence-electron chi connectivity index (χ3n) is 4.44. The molecule has 0 saturated carbocycles. The molecule has 1 heterocycles. The molecule has 3 rings (SSSR count). The number of benzene rings is 1. The van der Waals surface area contributed by atoms with Gasteiger partial charge in [-0.1, -0.05) is 23.3 Å². The Labute approximate surface area is 128 Å². The predicted molar refractivity (Wildman–Crippen MR) is 85.8 cm³/mol. The lowest BCUT2D eigenvalue weighted by molar-refractivity contribution is 0.413. The normalized spacial score (nSPS) is 21.9. The highest BCUT2D eigenvalue weighted by Gasteiger charge is 2.24. The molecule has 2 aliphatic rings. The van der Waals surface area contributed by atoms with Crippen LogP contribution in [0.25, 0.3) is 0 Å². The van der Waals surface area contributed by atoms with Crippen molar-refractivity contribution < 1.29 is 4.74 Å². The molecule has 0 saturated heterocycles. The number of ether oxygens (including phenoxy) is 1. The molecule has 2 nitrogen and oxygen atoms in total. The molecule has 0 radical (unpaired) electrons. The number of hydrogen-bond donors (Lipinski definition) is 1. The van der Waals surface area contributed by atoms with E-state index >= 15 is 0 Å². The highest BCUT2D eigenvalue weighted by molar-refractivity contribution is 5.85. The van der Waals surface area contributed by atoms with Gasteiger partial charge in [-0.15, -0.1) is 12.4 Å². The van der Waals surface area contributed by atoms with Gasteiger partial charge in [-0.05, 0) is 62.8 Å². The number of hydrogen-bond acceptors (Lipinski definition) is 2. The van der Waals surface area contributed by atoms with E-state index in [1.807, 2.05) is 6.07 Å². The van der Waals surface area contributed by atoms with Crippen LogP contribution in [0.4, 0.5) is 0 Å². The summed E-state index contributed by atoms with van der Waals surface area (Å²) in [5.74, 6) is 0.964. The highest BCUT2D eigenvalue weighted by atomic mass is 35.5. The second-order valence-electron chi connectivity index (χ2n) is 5.65. The van der Waals surface area contributed by atoms with Gasteiger partial charge >= 0.3 is 0 Å². The molecule has 0 aromatic heterocycles. The minimum atomic E-state index is 0. The van der Waals surface area contributed by atoms with Crippen LogP contribution >= 0.6 is 12.4 Å². The van der Waals surface area contributed by atoms with Gasteiger partial charge in [0.05, 0.1) is 7.11 Å². The van der Waals surface area contributed by atoms with E-state index in [0.717, 1.165) is 18.7 Å². The van der Waals surface area contributed by atoms with Gasteiger partial charge in [-0.2, -0.15) is 0 Å². The van der Waals surface area contributed by atoms with E-state index in [9.17, 15) is 0 Å². The van der Waals surface area contributed by atoms with E-state index in [-0.39, 0.29) is 12.4 Å². The van der Waals surface area contributed by atoms with E-state index in [2.05, 4.69) is 23.5 Å². The lowest BCUT2D eigenvalue weighted by Gasteiger charge is -2.33. The molecule has 20 heavy (non-hydrogen) atoms. The fourth-order valence-corrected chi connectivity index (χ4v) is 3.45. The maximum atomic E-state index is 5.32. The molecule has 1 aromatic rings. The molecule has 0 amide bonds. The summed E-state index contributed by atoms with van der Waals surface area (Å²) in [6.45, 7) is 1.15. The minimum absolute atomic E-state index is 0. The first-order valence-corrected chi connectivity index (χ1v) is 7.44. The minimum Gasteiger partial charge on any atom is -0.497 e. The Morgan fingerprint density at radius 2 is 2.05 bits per heavy atom. The quantitative estimate of drug-likeness (QED) is 0.854. The summed E-state index contributed by atoms with van der Waals surface area (Å²) in [5.41, 5.74) is 4.83. The van der Waals surface area contributed by atoms with Crippen molar-refractivity contribution in [2.45, 2.75) is 44.6 Å². The number of nitrogens with one attached hydrogen (secondary N) is 1. The molecule has 0 fully saturated rings. The SMILES string of the molecule is COc1cccc(CC2NCCC3=C2CCCC3)c1.Cl. The van der Waals surface area contributed by atoms with Gasteiger partial charge in [0.25, 0.3) is 0 Å². The molecule has 3 heteroatoms. The Hall–Kier alpha value is -0.990. The van der Waals surface area contributed by atoms with Crippen LogP contribution in [0, 0.1) is 0 Å². The molecule has 1 unspecified atom stereocenters. The van der Waals surface area contributed by atoms with Crippen LogP contribution in [0.1, 0.15) is 37.7 Å². The zero-order chi connectivity index (χ0) is 13.1. The third kappa shape index (κ3) is 3.36. The summed E-state index contributed by atoms with van der Waals surface area (Å²) in [7, 11) is 1.74. The first kappa shape index (κ1) is 15.4. The molecule has 1 atom stereocenters. The van der Waals surface area contributed by atoms with Gasteiger partial charge in [0.15, 0.2) is 0 Å². The van der Waals surface area contributed by atoms with E-state index in [0.29, 0.717) is 6.04 Å². The summed E-state index contributed by atoms with van der Waals surface area (Å²) in [4.78, 5) is 0. The first-order chi connectivity index (χ1) is 9.36. The van der Waals surface area contributed by atoms with Crippen LogP contribution < -0.4 is 10.1 Å². The maximum Gasteiger partial charge on any atom is 0.119 e. The zero-order valence-electron chi connectivity index (χ0n) is 12.2. The molecule has 1 aromatic carbocycles. The molecule has 0 bridgehead atoms. The van der Waals surface area contributed by atoms with E-state index in [4.69, 9.17) is 4.74 Å². The van der Waals surface area contributed by atoms with Crippen molar-refractivity contribution >= 4 is 12.4 Å². The third-order valence-corrected chi connectivity index (χ3v) is 4.44. The van der Waals surface area contributed by atoms with Crippen LogP contribution in [-0.2, 0) is 6.42 Å². The lowest BCUT2D eigenvalue weighted by atomic mass is 9.81. The van der Waals surface area contributed by atoms with E-state index < -0.39 is 0 Å². The van der Waals surface area contributed by atoms with Gasteiger partial charge in [0, 0.05) is 6.04 Å². The fraction of sp³-hybridized carbons (Fsp3) is 0.529. The lowest BCUT2D eigenvalue weighted by Crippen LogP contribution is -2.39.